The molecule has 18 heavy (non-hydrogen) atoms. The number of thiol groups is 1. The molecule has 2 rings (SSSR count). The normalized spacial score (nSPS) is 13.2. The van der Waals surface area contributed by atoms with E-state index in [9.17, 15) is 4.79 Å². The van der Waals surface area contributed by atoms with E-state index in [1.807, 2.05) is 18.2 Å². The van der Waals surface area contributed by atoms with E-state index in [2.05, 4.69) is 12.6 Å². The Morgan fingerprint density at radius 3 is 2.78 bits per heavy atom. The second kappa shape index (κ2) is 6.00. The Labute approximate surface area is 112 Å². The Morgan fingerprint density at radius 2 is 2.06 bits per heavy atom. The van der Waals surface area contributed by atoms with Gasteiger partial charge in [-0.3, -0.25) is 4.79 Å². The molecule has 0 saturated carbocycles. The molecule has 1 aliphatic rings. The molecule has 5 heteroatoms. The van der Waals surface area contributed by atoms with Gasteiger partial charge in [0, 0.05) is 13.6 Å². The summed E-state index contributed by atoms with van der Waals surface area (Å²) in [5.74, 6) is 1.88. The van der Waals surface area contributed by atoms with Gasteiger partial charge < -0.3 is 14.4 Å². The van der Waals surface area contributed by atoms with Gasteiger partial charge in [0.25, 0.3) is 0 Å². The molecular formula is C13H17NO3S. The van der Waals surface area contributed by atoms with Gasteiger partial charge in [0.05, 0.1) is 5.75 Å². The van der Waals surface area contributed by atoms with Crippen LogP contribution in [-0.2, 0) is 11.2 Å². The van der Waals surface area contributed by atoms with E-state index in [1.54, 1.807) is 11.9 Å². The minimum Gasteiger partial charge on any atom is -0.486 e. The number of likely N-dealkylation sites (N-methyl/N-ethyl adjacent to an activating group) is 1. The van der Waals surface area contributed by atoms with Crippen LogP contribution in [0.2, 0.25) is 0 Å². The number of nitrogens with zero attached hydrogens (tertiary/aromatic N) is 1. The van der Waals surface area contributed by atoms with E-state index < -0.39 is 0 Å². The summed E-state index contributed by atoms with van der Waals surface area (Å²) in [4.78, 5) is 13.1. The molecule has 0 aliphatic carbocycles. The smallest absolute Gasteiger partial charge is 0.232 e. The van der Waals surface area contributed by atoms with Crippen molar-refractivity contribution in [3.8, 4) is 11.5 Å². The van der Waals surface area contributed by atoms with E-state index >= 15 is 0 Å². The highest BCUT2D eigenvalue weighted by Crippen LogP contribution is 2.30. The second-order valence-corrected chi connectivity index (χ2v) is 4.52. The molecule has 1 aliphatic heterocycles. The first-order valence-corrected chi connectivity index (χ1v) is 6.57. The molecule has 0 spiro atoms. The lowest BCUT2D eigenvalue weighted by Crippen LogP contribution is -2.29. The summed E-state index contributed by atoms with van der Waals surface area (Å²) >= 11 is 3.97. The number of hydrogen-bond donors (Lipinski definition) is 1. The average molecular weight is 267 g/mol. The lowest BCUT2D eigenvalue weighted by molar-refractivity contribution is -0.127. The molecular weight excluding hydrogens is 250 g/mol. The third-order valence-corrected chi connectivity index (χ3v) is 3.17. The van der Waals surface area contributed by atoms with Gasteiger partial charge >= 0.3 is 0 Å². The van der Waals surface area contributed by atoms with Crippen LogP contribution in [0.15, 0.2) is 18.2 Å². The van der Waals surface area contributed by atoms with Crippen molar-refractivity contribution in [3.05, 3.63) is 23.8 Å². The largest absolute Gasteiger partial charge is 0.486 e. The molecule has 1 amide bonds. The fourth-order valence-electron chi connectivity index (χ4n) is 1.79. The van der Waals surface area contributed by atoms with Crippen molar-refractivity contribution in [1.82, 2.24) is 4.90 Å². The molecule has 0 aromatic heterocycles. The van der Waals surface area contributed by atoms with Gasteiger partial charge in [0.2, 0.25) is 5.91 Å². The maximum Gasteiger partial charge on any atom is 0.232 e. The molecule has 4 nitrogen and oxygen atoms in total. The van der Waals surface area contributed by atoms with Gasteiger partial charge in [0.1, 0.15) is 13.2 Å². The van der Waals surface area contributed by atoms with Crippen molar-refractivity contribution >= 4 is 18.5 Å². The van der Waals surface area contributed by atoms with Crippen molar-refractivity contribution in [2.75, 3.05) is 32.6 Å². The summed E-state index contributed by atoms with van der Waals surface area (Å²) < 4.78 is 11.0. The summed E-state index contributed by atoms with van der Waals surface area (Å²) in [6, 6.07) is 5.91. The number of carbonyl (C=O) groups is 1. The number of fused-ring (bicyclic) bond motifs is 1. The highest BCUT2D eigenvalue weighted by Gasteiger charge is 2.12. The van der Waals surface area contributed by atoms with Crippen LogP contribution in [0.3, 0.4) is 0 Å². The fourth-order valence-corrected chi connectivity index (χ4v) is 2.03. The predicted molar refractivity (Wildman–Crippen MR) is 72.6 cm³/mol. The maximum atomic E-state index is 11.4. The first-order chi connectivity index (χ1) is 8.70. The monoisotopic (exact) mass is 267 g/mol. The fraction of sp³-hybridized carbons (Fsp3) is 0.462. The van der Waals surface area contributed by atoms with Gasteiger partial charge in [-0.25, -0.2) is 0 Å². The van der Waals surface area contributed by atoms with E-state index in [0.717, 1.165) is 23.5 Å². The Kier molecular flexibility index (Phi) is 4.36. The molecule has 0 fully saturated rings. The standard InChI is InChI=1S/C13H17NO3S/c1-14(13(15)9-18)5-4-10-2-3-11-12(8-10)17-7-6-16-11/h2-3,8,18H,4-7,9H2,1H3. The highest BCUT2D eigenvalue weighted by atomic mass is 32.1. The molecule has 98 valence electrons. The second-order valence-electron chi connectivity index (χ2n) is 4.20. The zero-order valence-corrected chi connectivity index (χ0v) is 11.3. The van der Waals surface area contributed by atoms with Crippen LogP contribution in [0.25, 0.3) is 0 Å². The van der Waals surface area contributed by atoms with Crippen molar-refractivity contribution in [2.45, 2.75) is 6.42 Å². The predicted octanol–water partition coefficient (Wildman–Crippen LogP) is 1.39. The SMILES string of the molecule is CN(CCc1ccc2c(c1)OCCO2)C(=O)CS. The molecule has 1 aromatic rings. The third-order valence-electron chi connectivity index (χ3n) is 2.90. The molecule has 0 unspecified atom stereocenters. The van der Waals surface area contributed by atoms with Gasteiger partial charge in [-0.2, -0.15) is 12.6 Å². The summed E-state index contributed by atoms with van der Waals surface area (Å²) in [6.45, 7) is 1.87. The van der Waals surface area contributed by atoms with Crippen LogP contribution in [0.5, 0.6) is 11.5 Å². The van der Waals surface area contributed by atoms with Gasteiger partial charge in [-0.05, 0) is 24.1 Å². The minimum atomic E-state index is 0.0378. The Balaban J connectivity index is 1.96. The number of hydrogen-bond acceptors (Lipinski definition) is 4. The maximum absolute atomic E-state index is 11.4. The third kappa shape index (κ3) is 3.10. The lowest BCUT2D eigenvalue weighted by Gasteiger charge is -2.20. The first-order valence-electron chi connectivity index (χ1n) is 5.94. The van der Waals surface area contributed by atoms with E-state index in [0.29, 0.717) is 19.8 Å². The van der Waals surface area contributed by atoms with Crippen molar-refractivity contribution < 1.29 is 14.3 Å². The van der Waals surface area contributed by atoms with E-state index in [-0.39, 0.29) is 11.7 Å². The Hall–Kier alpha value is -1.36. The lowest BCUT2D eigenvalue weighted by atomic mass is 10.1. The summed E-state index contributed by atoms with van der Waals surface area (Å²) in [5, 5.41) is 0. The number of ether oxygens (including phenoxy) is 2. The zero-order valence-electron chi connectivity index (χ0n) is 10.4. The number of benzene rings is 1. The number of carbonyl (C=O) groups excluding carboxylic acids is 1. The Bertz CT molecular complexity index is 436. The van der Waals surface area contributed by atoms with Crippen LogP contribution in [-0.4, -0.2) is 43.4 Å². The Morgan fingerprint density at radius 1 is 1.33 bits per heavy atom. The summed E-state index contributed by atoms with van der Waals surface area (Å²) in [6.07, 6.45) is 0.798. The van der Waals surface area contributed by atoms with Gasteiger partial charge in [-0.1, -0.05) is 6.07 Å². The quantitative estimate of drug-likeness (QED) is 0.838. The van der Waals surface area contributed by atoms with Gasteiger partial charge in [0.15, 0.2) is 11.5 Å². The topological polar surface area (TPSA) is 38.8 Å². The van der Waals surface area contributed by atoms with Crippen LogP contribution >= 0.6 is 12.6 Å². The van der Waals surface area contributed by atoms with Crippen LogP contribution in [0.4, 0.5) is 0 Å². The van der Waals surface area contributed by atoms with Gasteiger partial charge in [-0.15, -0.1) is 0 Å². The van der Waals surface area contributed by atoms with Crippen LogP contribution in [0, 0.1) is 0 Å². The molecule has 1 aromatic carbocycles. The van der Waals surface area contributed by atoms with E-state index in [4.69, 9.17) is 9.47 Å². The zero-order chi connectivity index (χ0) is 13.0. The molecule has 0 saturated heterocycles. The average Bonchev–Trinajstić information content (AvgIpc) is 2.43. The minimum absolute atomic E-state index is 0.0378. The first kappa shape index (κ1) is 13.1. The van der Waals surface area contributed by atoms with Crippen molar-refractivity contribution in [3.63, 3.8) is 0 Å². The number of amides is 1. The number of rotatable bonds is 4. The van der Waals surface area contributed by atoms with Crippen LogP contribution < -0.4 is 9.47 Å². The van der Waals surface area contributed by atoms with Crippen molar-refractivity contribution in [1.29, 1.82) is 0 Å². The summed E-state index contributed by atoms with van der Waals surface area (Å²) in [5.41, 5.74) is 1.14. The molecule has 0 N–H and O–H groups in total. The van der Waals surface area contributed by atoms with Crippen LogP contribution in [0.1, 0.15) is 5.56 Å². The van der Waals surface area contributed by atoms with E-state index in [1.165, 1.54) is 0 Å². The molecule has 0 atom stereocenters. The summed E-state index contributed by atoms with van der Waals surface area (Å²) in [7, 11) is 1.79. The molecule has 0 radical (unpaired) electrons. The van der Waals surface area contributed by atoms with Crippen molar-refractivity contribution in [2.24, 2.45) is 0 Å². The molecule has 1 heterocycles. The molecule has 0 bridgehead atoms. The highest BCUT2D eigenvalue weighted by molar-refractivity contribution is 7.81.